The summed E-state index contributed by atoms with van der Waals surface area (Å²) < 4.78 is 0. The summed E-state index contributed by atoms with van der Waals surface area (Å²) in [5.41, 5.74) is 5.99. The number of benzene rings is 2. The van der Waals surface area contributed by atoms with Crippen LogP contribution >= 0.6 is 0 Å². The zero-order chi connectivity index (χ0) is 17.6. The Bertz CT molecular complexity index is 748. The van der Waals surface area contributed by atoms with Crippen LogP contribution in [0.3, 0.4) is 0 Å². The fraction of sp³-hybridized carbons (Fsp3) is 0.333. The van der Waals surface area contributed by atoms with Gasteiger partial charge in [-0.25, -0.2) is 0 Å². The second-order valence-electron chi connectivity index (χ2n) is 7.46. The van der Waals surface area contributed by atoms with E-state index in [1.807, 2.05) is 0 Å². The lowest BCUT2D eigenvalue weighted by molar-refractivity contribution is 0.793. The Kier molecular flexibility index (Phi) is 6.09. The van der Waals surface area contributed by atoms with Gasteiger partial charge in [-0.1, -0.05) is 98.2 Å². The van der Waals surface area contributed by atoms with Crippen molar-refractivity contribution in [2.45, 2.75) is 46.5 Å². The summed E-state index contributed by atoms with van der Waals surface area (Å²) in [7, 11) is -0.353. The summed E-state index contributed by atoms with van der Waals surface area (Å²) >= 11 is 0. The van der Waals surface area contributed by atoms with Crippen molar-refractivity contribution in [2.75, 3.05) is 0 Å². The van der Waals surface area contributed by atoms with Crippen molar-refractivity contribution >= 4 is 20.3 Å². The Morgan fingerprint density at radius 2 is 1.68 bits per heavy atom. The van der Waals surface area contributed by atoms with Gasteiger partial charge in [-0.3, -0.25) is 0 Å². The third-order valence-corrected chi connectivity index (χ3v) is 7.12. The Labute approximate surface area is 155 Å². The summed E-state index contributed by atoms with van der Waals surface area (Å²) in [6.07, 6.45) is 7.38. The smallest absolute Gasteiger partial charge is 0.0749 e. The molecule has 2 aromatic rings. The molecule has 0 fully saturated rings. The van der Waals surface area contributed by atoms with Crippen molar-refractivity contribution in [1.82, 2.24) is 0 Å². The van der Waals surface area contributed by atoms with Crippen molar-refractivity contribution in [3.63, 3.8) is 0 Å². The molecule has 130 valence electrons. The molecule has 0 aromatic heterocycles. The molecule has 0 nitrogen and oxygen atoms in total. The second kappa shape index (κ2) is 8.49. The molecule has 0 spiro atoms. The number of hydrogen-bond acceptors (Lipinski definition) is 0. The van der Waals surface area contributed by atoms with E-state index in [0.717, 1.165) is 6.42 Å². The maximum Gasteiger partial charge on any atom is 0.0832 e. The van der Waals surface area contributed by atoms with E-state index in [4.69, 9.17) is 0 Å². The van der Waals surface area contributed by atoms with Crippen LogP contribution in [0.2, 0.25) is 0 Å². The van der Waals surface area contributed by atoms with Crippen LogP contribution in [0.25, 0.3) is 5.57 Å². The first-order valence-corrected chi connectivity index (χ1v) is 11.2. The number of rotatable bonds is 7. The molecule has 3 rings (SSSR count). The number of hydrogen-bond donors (Lipinski definition) is 0. The number of allylic oxidation sites excluding steroid dienone is 4. The summed E-state index contributed by atoms with van der Waals surface area (Å²) in [6, 6.07) is 20.4. The van der Waals surface area contributed by atoms with Gasteiger partial charge >= 0.3 is 0 Å². The Balaban J connectivity index is 1.83. The monoisotopic (exact) mass is 346 g/mol. The molecule has 0 heterocycles. The molecule has 25 heavy (non-hydrogen) atoms. The minimum atomic E-state index is -0.353. The summed E-state index contributed by atoms with van der Waals surface area (Å²) in [5, 5.41) is 3.28. The molecule has 2 aromatic carbocycles. The summed E-state index contributed by atoms with van der Waals surface area (Å²) in [6.45, 7) is 6.96. The summed E-state index contributed by atoms with van der Waals surface area (Å²) in [5.74, 6) is 0.597. The highest BCUT2D eigenvalue weighted by atomic mass is 28.2. The molecule has 0 radical (unpaired) electrons. The van der Waals surface area contributed by atoms with Gasteiger partial charge in [0.2, 0.25) is 0 Å². The molecule has 1 aliphatic carbocycles. The van der Waals surface area contributed by atoms with Gasteiger partial charge in [-0.15, -0.1) is 0 Å². The normalized spacial score (nSPS) is 14.8. The lowest BCUT2D eigenvalue weighted by atomic mass is 9.92. The average Bonchev–Trinajstić information content (AvgIpc) is 3.05. The topological polar surface area (TPSA) is 0 Å². The fourth-order valence-electron chi connectivity index (χ4n) is 3.87. The first kappa shape index (κ1) is 17.9. The van der Waals surface area contributed by atoms with E-state index in [-0.39, 0.29) is 9.52 Å². The zero-order valence-electron chi connectivity index (χ0n) is 15.9. The zero-order valence-corrected chi connectivity index (χ0v) is 17.3. The van der Waals surface area contributed by atoms with Crippen LogP contribution in [0.15, 0.2) is 71.4 Å². The fourth-order valence-corrected chi connectivity index (χ4v) is 5.95. The lowest BCUT2D eigenvalue weighted by Gasteiger charge is -2.16. The average molecular weight is 347 g/mol. The lowest BCUT2D eigenvalue weighted by Crippen LogP contribution is -2.17. The van der Waals surface area contributed by atoms with E-state index in [1.54, 1.807) is 16.0 Å². The number of aryl methyl sites for hydroxylation is 1. The van der Waals surface area contributed by atoms with Gasteiger partial charge in [0.25, 0.3) is 0 Å². The molecule has 0 N–H and O–H groups in total. The summed E-state index contributed by atoms with van der Waals surface area (Å²) in [4.78, 5) is 0. The molecule has 0 amide bonds. The van der Waals surface area contributed by atoms with Crippen LogP contribution in [0.4, 0.5) is 0 Å². The van der Waals surface area contributed by atoms with Crippen LogP contribution < -0.4 is 5.19 Å². The maximum atomic E-state index is 2.47. The minimum absolute atomic E-state index is 0.353. The van der Waals surface area contributed by atoms with Crippen molar-refractivity contribution in [3.8, 4) is 0 Å². The SMILES string of the molecule is CCCCc1ccc(C2=CCC([SiH2]c3ccccc3)=C2C(C)C)cc1. The third-order valence-electron chi connectivity index (χ3n) is 5.15. The highest BCUT2D eigenvalue weighted by Gasteiger charge is 2.21. The van der Waals surface area contributed by atoms with E-state index in [9.17, 15) is 0 Å². The molecule has 0 atom stereocenters. The van der Waals surface area contributed by atoms with Gasteiger partial charge < -0.3 is 0 Å². The van der Waals surface area contributed by atoms with Crippen molar-refractivity contribution in [2.24, 2.45) is 5.92 Å². The Morgan fingerprint density at radius 3 is 2.32 bits per heavy atom. The molecule has 0 saturated heterocycles. The molecule has 0 saturated carbocycles. The van der Waals surface area contributed by atoms with Gasteiger partial charge in [0, 0.05) is 0 Å². The van der Waals surface area contributed by atoms with Gasteiger partial charge in [-0.05, 0) is 47.5 Å². The van der Waals surface area contributed by atoms with Crippen molar-refractivity contribution < 1.29 is 0 Å². The molecular formula is C24H30Si. The Hall–Kier alpha value is -1.86. The first-order valence-electron chi connectivity index (χ1n) is 9.74. The van der Waals surface area contributed by atoms with Gasteiger partial charge in [0.1, 0.15) is 0 Å². The second-order valence-corrected chi connectivity index (χ2v) is 9.48. The van der Waals surface area contributed by atoms with E-state index >= 15 is 0 Å². The molecule has 0 unspecified atom stereocenters. The highest BCUT2D eigenvalue weighted by molar-refractivity contribution is 6.61. The third kappa shape index (κ3) is 4.41. The molecular weight excluding hydrogens is 316 g/mol. The van der Waals surface area contributed by atoms with E-state index in [1.165, 1.54) is 36.0 Å². The van der Waals surface area contributed by atoms with Crippen LogP contribution in [0, 0.1) is 5.92 Å². The minimum Gasteiger partial charge on any atom is -0.0749 e. The van der Waals surface area contributed by atoms with Crippen LogP contribution in [0.1, 0.15) is 51.2 Å². The quantitative estimate of drug-likeness (QED) is 0.603. The molecule has 0 aliphatic heterocycles. The largest absolute Gasteiger partial charge is 0.0832 e. The van der Waals surface area contributed by atoms with Crippen molar-refractivity contribution in [1.29, 1.82) is 0 Å². The first-order chi connectivity index (χ1) is 12.2. The standard InChI is InChI=1S/C24H30Si/c1-4-5-9-19-12-14-20(15-13-19)22-16-17-23(24(22)18(2)3)25-21-10-7-6-8-11-21/h6-8,10-16,18H,4-5,9,17,25H2,1-3H3. The van der Waals surface area contributed by atoms with Crippen LogP contribution in [0.5, 0.6) is 0 Å². The molecule has 1 aliphatic rings. The van der Waals surface area contributed by atoms with E-state index in [2.05, 4.69) is 81.4 Å². The van der Waals surface area contributed by atoms with Crippen molar-refractivity contribution in [3.05, 3.63) is 82.6 Å². The van der Waals surface area contributed by atoms with E-state index in [0.29, 0.717) is 5.92 Å². The maximum absolute atomic E-state index is 2.47. The van der Waals surface area contributed by atoms with Gasteiger partial charge in [0.05, 0.1) is 9.52 Å². The predicted octanol–water partition coefficient (Wildman–Crippen LogP) is 5.22. The molecule has 0 bridgehead atoms. The predicted molar refractivity (Wildman–Crippen MR) is 114 cm³/mol. The van der Waals surface area contributed by atoms with E-state index < -0.39 is 0 Å². The van der Waals surface area contributed by atoms with Gasteiger partial charge in [0.15, 0.2) is 0 Å². The molecule has 1 heteroatoms. The van der Waals surface area contributed by atoms with Crippen LogP contribution in [-0.2, 0) is 6.42 Å². The Morgan fingerprint density at radius 1 is 0.960 bits per heavy atom. The van der Waals surface area contributed by atoms with Crippen LogP contribution in [-0.4, -0.2) is 9.52 Å². The van der Waals surface area contributed by atoms with Gasteiger partial charge in [-0.2, -0.15) is 0 Å². The highest BCUT2D eigenvalue weighted by Crippen LogP contribution is 2.37. The number of unbranched alkanes of at least 4 members (excludes halogenated alkanes) is 1.